The molecule has 2 heterocycles. The molecule has 0 aromatic rings. The first-order valence-corrected chi connectivity index (χ1v) is 6.44. The monoisotopic (exact) mass is 224 g/mol. The van der Waals surface area contributed by atoms with Crippen LogP contribution in [0.25, 0.3) is 0 Å². The zero-order valence-electron chi connectivity index (χ0n) is 10.4. The Kier molecular flexibility index (Phi) is 4.38. The third-order valence-electron chi connectivity index (χ3n) is 3.48. The topological polar surface area (TPSA) is 24.5 Å². The minimum atomic E-state index is 0.609. The zero-order valence-corrected chi connectivity index (χ0v) is 10.4. The largest absolute Gasteiger partial charge is 0.380 e. The molecule has 16 heavy (non-hydrogen) atoms. The molecule has 2 aliphatic heterocycles. The third kappa shape index (κ3) is 3.58. The standard InChI is InChI=1S/C13H24N2O/c1-11(2)9-15-6-3-12(4-7-15)14-13-5-8-16-10-13/h12-14H,1,3-10H2,2H3. The van der Waals surface area contributed by atoms with Crippen LogP contribution in [0, 0.1) is 0 Å². The van der Waals surface area contributed by atoms with Gasteiger partial charge in [-0.2, -0.15) is 0 Å². The maximum atomic E-state index is 5.39. The molecule has 2 aliphatic rings. The fourth-order valence-electron chi connectivity index (χ4n) is 2.64. The van der Waals surface area contributed by atoms with Crippen LogP contribution >= 0.6 is 0 Å². The Bertz CT molecular complexity index is 228. The van der Waals surface area contributed by atoms with Gasteiger partial charge >= 0.3 is 0 Å². The molecule has 2 rings (SSSR count). The summed E-state index contributed by atoms with van der Waals surface area (Å²) in [6, 6.07) is 1.31. The molecule has 3 heteroatoms. The number of hydrogen-bond donors (Lipinski definition) is 1. The van der Waals surface area contributed by atoms with Gasteiger partial charge in [0.25, 0.3) is 0 Å². The van der Waals surface area contributed by atoms with Crippen LogP contribution in [0.3, 0.4) is 0 Å². The summed E-state index contributed by atoms with van der Waals surface area (Å²) in [5, 5.41) is 3.72. The van der Waals surface area contributed by atoms with Crippen molar-refractivity contribution in [1.82, 2.24) is 10.2 Å². The fraction of sp³-hybridized carbons (Fsp3) is 0.846. The summed E-state index contributed by atoms with van der Waals surface area (Å²) >= 11 is 0. The summed E-state index contributed by atoms with van der Waals surface area (Å²) in [6.07, 6.45) is 3.72. The summed E-state index contributed by atoms with van der Waals surface area (Å²) < 4.78 is 5.39. The van der Waals surface area contributed by atoms with Crippen LogP contribution in [0.1, 0.15) is 26.2 Å². The number of piperidine rings is 1. The van der Waals surface area contributed by atoms with Crippen molar-refractivity contribution in [1.29, 1.82) is 0 Å². The second kappa shape index (κ2) is 5.80. The van der Waals surface area contributed by atoms with E-state index >= 15 is 0 Å². The molecule has 1 N–H and O–H groups in total. The quantitative estimate of drug-likeness (QED) is 0.731. The van der Waals surface area contributed by atoms with Gasteiger partial charge < -0.3 is 10.1 Å². The molecule has 92 valence electrons. The molecule has 2 fully saturated rings. The Balaban J connectivity index is 1.66. The number of hydrogen-bond acceptors (Lipinski definition) is 3. The van der Waals surface area contributed by atoms with Crippen molar-refractivity contribution in [2.45, 2.75) is 38.3 Å². The molecule has 0 amide bonds. The van der Waals surface area contributed by atoms with E-state index in [2.05, 4.69) is 23.7 Å². The van der Waals surface area contributed by atoms with Crippen LogP contribution in [0.4, 0.5) is 0 Å². The highest BCUT2D eigenvalue weighted by Crippen LogP contribution is 2.14. The van der Waals surface area contributed by atoms with Gasteiger partial charge in [0.05, 0.1) is 6.61 Å². The van der Waals surface area contributed by atoms with Crippen LogP contribution in [0.5, 0.6) is 0 Å². The first-order chi connectivity index (χ1) is 7.74. The summed E-state index contributed by atoms with van der Waals surface area (Å²) in [5.74, 6) is 0. The van der Waals surface area contributed by atoms with Crippen molar-refractivity contribution in [2.24, 2.45) is 0 Å². The van der Waals surface area contributed by atoms with Crippen LogP contribution in [0.2, 0.25) is 0 Å². The molecule has 3 nitrogen and oxygen atoms in total. The Labute approximate surface area is 98.8 Å². The second-order valence-electron chi connectivity index (χ2n) is 5.23. The van der Waals surface area contributed by atoms with E-state index in [1.165, 1.54) is 37.9 Å². The Morgan fingerprint density at radius 2 is 2.06 bits per heavy atom. The first-order valence-electron chi connectivity index (χ1n) is 6.44. The molecule has 0 radical (unpaired) electrons. The molecular weight excluding hydrogens is 200 g/mol. The lowest BCUT2D eigenvalue weighted by atomic mass is 10.0. The normalized spacial score (nSPS) is 28.4. The van der Waals surface area contributed by atoms with Gasteiger partial charge in [0, 0.05) is 25.2 Å². The van der Waals surface area contributed by atoms with Gasteiger partial charge in [0.1, 0.15) is 0 Å². The van der Waals surface area contributed by atoms with Gasteiger partial charge in [0.15, 0.2) is 0 Å². The molecule has 0 aromatic carbocycles. The molecule has 1 unspecified atom stereocenters. The van der Waals surface area contributed by atoms with Gasteiger partial charge in [-0.05, 0) is 39.3 Å². The van der Waals surface area contributed by atoms with Crippen LogP contribution in [-0.4, -0.2) is 49.8 Å². The minimum Gasteiger partial charge on any atom is -0.380 e. The smallest absolute Gasteiger partial charge is 0.0620 e. The zero-order chi connectivity index (χ0) is 11.4. The van der Waals surface area contributed by atoms with Crippen molar-refractivity contribution in [3.8, 4) is 0 Å². The van der Waals surface area contributed by atoms with Crippen molar-refractivity contribution in [3.63, 3.8) is 0 Å². The van der Waals surface area contributed by atoms with E-state index in [0.29, 0.717) is 12.1 Å². The van der Waals surface area contributed by atoms with Gasteiger partial charge in [-0.15, -0.1) is 0 Å². The van der Waals surface area contributed by atoms with Crippen LogP contribution in [-0.2, 0) is 4.74 Å². The van der Waals surface area contributed by atoms with Crippen molar-refractivity contribution >= 4 is 0 Å². The van der Waals surface area contributed by atoms with Gasteiger partial charge in [0.2, 0.25) is 0 Å². The highest BCUT2D eigenvalue weighted by Gasteiger charge is 2.23. The van der Waals surface area contributed by atoms with Gasteiger partial charge in [-0.3, -0.25) is 4.90 Å². The highest BCUT2D eigenvalue weighted by molar-refractivity contribution is 4.93. The van der Waals surface area contributed by atoms with Gasteiger partial charge in [-0.1, -0.05) is 12.2 Å². The number of ether oxygens (including phenoxy) is 1. The first kappa shape index (κ1) is 12.1. The van der Waals surface area contributed by atoms with E-state index < -0.39 is 0 Å². The van der Waals surface area contributed by atoms with E-state index in [4.69, 9.17) is 4.74 Å². The maximum absolute atomic E-state index is 5.39. The fourth-order valence-corrected chi connectivity index (χ4v) is 2.64. The second-order valence-corrected chi connectivity index (χ2v) is 5.23. The predicted molar refractivity (Wildman–Crippen MR) is 66.6 cm³/mol. The predicted octanol–water partition coefficient (Wildman–Crippen LogP) is 1.41. The Hall–Kier alpha value is -0.380. The number of nitrogens with zero attached hydrogens (tertiary/aromatic N) is 1. The molecule has 0 aliphatic carbocycles. The average molecular weight is 224 g/mol. The molecule has 1 atom stereocenters. The van der Waals surface area contributed by atoms with Crippen molar-refractivity contribution < 1.29 is 4.74 Å². The number of nitrogens with one attached hydrogen (secondary N) is 1. The summed E-state index contributed by atoms with van der Waals surface area (Å²) in [7, 11) is 0. The van der Waals surface area contributed by atoms with Crippen molar-refractivity contribution in [2.75, 3.05) is 32.8 Å². The summed E-state index contributed by atoms with van der Waals surface area (Å²) in [6.45, 7) is 11.4. The maximum Gasteiger partial charge on any atom is 0.0620 e. The van der Waals surface area contributed by atoms with E-state index in [1.807, 2.05) is 0 Å². The lowest BCUT2D eigenvalue weighted by molar-refractivity contribution is 0.175. The lowest BCUT2D eigenvalue weighted by Crippen LogP contribution is -2.46. The lowest BCUT2D eigenvalue weighted by Gasteiger charge is -2.33. The van der Waals surface area contributed by atoms with Crippen LogP contribution < -0.4 is 5.32 Å². The average Bonchev–Trinajstić information content (AvgIpc) is 2.73. The van der Waals surface area contributed by atoms with E-state index in [9.17, 15) is 0 Å². The van der Waals surface area contributed by atoms with Crippen molar-refractivity contribution in [3.05, 3.63) is 12.2 Å². The molecule has 2 saturated heterocycles. The summed E-state index contributed by atoms with van der Waals surface area (Å²) in [5.41, 5.74) is 1.27. The van der Waals surface area contributed by atoms with E-state index in [0.717, 1.165) is 19.8 Å². The minimum absolute atomic E-state index is 0.609. The molecule has 0 aromatic heterocycles. The number of likely N-dealkylation sites (tertiary alicyclic amines) is 1. The molecule has 0 spiro atoms. The molecule has 0 saturated carbocycles. The molecular formula is C13H24N2O. The highest BCUT2D eigenvalue weighted by atomic mass is 16.5. The number of rotatable bonds is 4. The van der Waals surface area contributed by atoms with Gasteiger partial charge in [-0.25, -0.2) is 0 Å². The Morgan fingerprint density at radius 3 is 2.62 bits per heavy atom. The molecule has 0 bridgehead atoms. The van der Waals surface area contributed by atoms with E-state index in [-0.39, 0.29) is 0 Å². The SMILES string of the molecule is C=C(C)CN1CCC(NC2CCOC2)CC1. The van der Waals surface area contributed by atoms with E-state index in [1.54, 1.807) is 0 Å². The van der Waals surface area contributed by atoms with Crippen LogP contribution in [0.15, 0.2) is 12.2 Å². The third-order valence-corrected chi connectivity index (χ3v) is 3.48. The summed E-state index contributed by atoms with van der Waals surface area (Å²) in [4.78, 5) is 2.51. The Morgan fingerprint density at radius 1 is 1.31 bits per heavy atom.